The fraction of sp³-hybridized carbons (Fsp3) is 0.522. The monoisotopic (exact) mass is 842 g/mol. The number of rotatable bonds is 11. The number of aromatic amines is 2. The van der Waals surface area contributed by atoms with Gasteiger partial charge in [0.05, 0.1) is 49.9 Å². The van der Waals surface area contributed by atoms with Gasteiger partial charge in [-0.3, -0.25) is 9.59 Å². The average Bonchev–Trinajstić information content (AvgIpc) is 4.10. The minimum absolute atomic E-state index is 0.0244. The summed E-state index contributed by atoms with van der Waals surface area (Å²) in [6.45, 7) is 6.54. The molecule has 4 aliphatic carbocycles. The number of amides is 4. The predicted octanol–water partition coefficient (Wildman–Crippen LogP) is 5.13. The van der Waals surface area contributed by atoms with Crippen molar-refractivity contribution < 1.29 is 38.9 Å². The van der Waals surface area contributed by atoms with Crippen molar-refractivity contribution in [2.24, 2.45) is 47.3 Å². The Kier molecular flexibility index (Phi) is 8.50. The van der Waals surface area contributed by atoms with E-state index in [0.717, 1.165) is 82.1 Å². The first-order valence-electron chi connectivity index (χ1n) is 22.1. The third kappa shape index (κ3) is 6.07. The summed E-state index contributed by atoms with van der Waals surface area (Å²) in [7, 11) is 0. The smallest absolute Gasteiger partial charge is 0.405 e. The van der Waals surface area contributed by atoms with E-state index >= 15 is 0 Å². The minimum atomic E-state index is -1.18. The lowest BCUT2D eigenvalue weighted by Crippen LogP contribution is -2.51. The molecule has 16 nitrogen and oxygen atoms in total. The highest BCUT2D eigenvalue weighted by molar-refractivity contribution is 5.88. The SMILES string of the molecule is Cc1c(-c2ccc(-c3c[nH]c([C@@H]4CC5CC5N4C(=O)[C@H](NC(=O)O)C4[C@H]5COC[C@H]45)n3)cc2)ccc(-c2c[nH]c([C@@H]3CC4CC4N3C(=O)[C@H](NC(=O)O)C3[C@H]4COC[C@H]34)n2)c1C. The molecular weight excluding hydrogens is 793 g/mol. The molecule has 8 fully saturated rings. The molecule has 6 heterocycles. The van der Waals surface area contributed by atoms with Gasteiger partial charge in [0.2, 0.25) is 11.8 Å². The normalized spacial score (nSPS) is 33.8. The Morgan fingerprint density at radius 3 is 1.56 bits per heavy atom. The Morgan fingerprint density at radius 2 is 1.06 bits per heavy atom. The van der Waals surface area contributed by atoms with Gasteiger partial charge in [-0.15, -0.1) is 0 Å². The van der Waals surface area contributed by atoms with E-state index in [1.54, 1.807) is 0 Å². The number of carbonyl (C=O) groups is 4. The lowest BCUT2D eigenvalue weighted by molar-refractivity contribution is -0.137. The summed E-state index contributed by atoms with van der Waals surface area (Å²) in [6.07, 6.45) is 4.93. The number of nitrogens with one attached hydrogen (secondary N) is 4. The first-order valence-corrected chi connectivity index (χ1v) is 22.1. The molecule has 4 unspecified atom stereocenters. The minimum Gasteiger partial charge on any atom is -0.465 e. The highest BCUT2D eigenvalue weighted by Crippen LogP contribution is 2.58. The van der Waals surface area contributed by atoms with E-state index in [1.165, 1.54) is 0 Å². The maximum atomic E-state index is 14.1. The molecule has 4 aliphatic heterocycles. The summed E-state index contributed by atoms with van der Waals surface area (Å²) in [5, 5.41) is 24.5. The van der Waals surface area contributed by atoms with Crippen LogP contribution in [0.4, 0.5) is 9.59 Å². The van der Waals surface area contributed by atoms with E-state index in [1.807, 2.05) is 22.2 Å². The molecule has 4 amide bonds. The molecule has 12 atom stereocenters. The first-order chi connectivity index (χ1) is 30.0. The van der Waals surface area contributed by atoms with Crippen LogP contribution in [0.5, 0.6) is 0 Å². The Morgan fingerprint density at radius 1 is 0.629 bits per heavy atom. The van der Waals surface area contributed by atoms with E-state index in [2.05, 4.69) is 70.8 Å². The van der Waals surface area contributed by atoms with Gasteiger partial charge in [0.25, 0.3) is 0 Å². The van der Waals surface area contributed by atoms with Gasteiger partial charge in [-0.2, -0.15) is 0 Å². The Balaban J connectivity index is 0.743. The molecule has 16 heteroatoms. The number of hydrogen-bond acceptors (Lipinski definition) is 8. The summed E-state index contributed by atoms with van der Waals surface area (Å²) >= 11 is 0. The molecule has 322 valence electrons. The number of piperidine rings is 2. The number of benzene rings is 2. The number of H-pyrrole nitrogens is 2. The lowest BCUT2D eigenvalue weighted by Gasteiger charge is -2.31. The summed E-state index contributed by atoms with van der Waals surface area (Å²) in [5.41, 5.74) is 7.93. The van der Waals surface area contributed by atoms with E-state index < -0.39 is 24.3 Å². The molecule has 2 aromatic heterocycles. The summed E-state index contributed by atoms with van der Waals surface area (Å²) in [5.74, 6) is 2.83. The van der Waals surface area contributed by atoms with E-state index in [4.69, 9.17) is 19.4 Å². The molecule has 12 rings (SSSR count). The Bertz CT molecular complexity index is 2500. The highest BCUT2D eigenvalue weighted by Gasteiger charge is 2.64. The van der Waals surface area contributed by atoms with Crippen molar-refractivity contribution in [2.75, 3.05) is 26.4 Å². The molecule has 4 saturated heterocycles. The van der Waals surface area contributed by atoms with Crippen molar-refractivity contribution >= 4 is 24.0 Å². The summed E-state index contributed by atoms with van der Waals surface area (Å²) in [4.78, 5) is 72.5. The Labute approximate surface area is 357 Å². The number of imidazole rings is 2. The van der Waals surface area contributed by atoms with Crippen LogP contribution in [0.15, 0.2) is 48.8 Å². The van der Waals surface area contributed by atoms with Crippen LogP contribution in [-0.4, -0.2) is 115 Å². The van der Waals surface area contributed by atoms with Crippen LogP contribution in [0.2, 0.25) is 0 Å². The number of nitrogens with zero attached hydrogens (tertiary/aromatic N) is 4. The van der Waals surface area contributed by atoms with Gasteiger partial charge < -0.3 is 50.1 Å². The quantitative estimate of drug-likeness (QED) is 0.117. The number of ether oxygens (including phenoxy) is 2. The molecule has 4 saturated carbocycles. The second-order valence-corrected chi connectivity index (χ2v) is 19.2. The zero-order chi connectivity index (χ0) is 42.3. The first kappa shape index (κ1) is 38.0. The summed E-state index contributed by atoms with van der Waals surface area (Å²) in [6, 6.07) is 10.8. The van der Waals surface area contributed by atoms with Crippen molar-refractivity contribution in [3.05, 3.63) is 71.6 Å². The molecule has 0 radical (unpaired) electrons. The standard InChI is InChI=1S/C46H50N8O8/c1-19-20(2)26(32-14-48-42(50-32)36-12-24-10-34(24)54(36)44(56)40(52-46(59)60)38-29-17-62-18-30(29)38)8-7-25(19)21-3-5-22(6-4-21)31-13-47-41(49-31)35-11-23-9-33(23)53(35)43(55)39(51-45(57)58)37-27-15-61-16-28(27)37/h3-8,13-14,23-24,27-30,33-40,51-52H,9-12,15-18H2,1-2H3,(H,47,49)(H,48,50)(H,57,58)(H,59,60)/t23?,24?,27-,28-,29-,30-,33?,34?,35-,36-,39+,40+/m0/s1. The van der Waals surface area contributed by atoms with Crippen molar-refractivity contribution in [3.63, 3.8) is 0 Å². The maximum Gasteiger partial charge on any atom is 0.405 e. The number of carbonyl (C=O) groups excluding carboxylic acids is 2. The third-order valence-electron chi connectivity index (χ3n) is 16.0. The summed E-state index contributed by atoms with van der Waals surface area (Å²) < 4.78 is 11.1. The van der Waals surface area contributed by atoms with Crippen LogP contribution in [0, 0.1) is 61.2 Å². The number of hydrogen-bond donors (Lipinski definition) is 6. The second kappa shape index (κ2) is 13.9. The third-order valence-corrected chi connectivity index (χ3v) is 16.0. The van der Waals surface area contributed by atoms with Gasteiger partial charge in [0.15, 0.2) is 0 Å². The van der Waals surface area contributed by atoms with Crippen molar-refractivity contribution in [1.82, 2.24) is 40.4 Å². The van der Waals surface area contributed by atoms with E-state index in [0.29, 0.717) is 38.3 Å². The topological polar surface area (TPSA) is 215 Å². The molecule has 2 aromatic carbocycles. The molecule has 0 bridgehead atoms. The maximum absolute atomic E-state index is 14.1. The van der Waals surface area contributed by atoms with Crippen LogP contribution >= 0.6 is 0 Å². The van der Waals surface area contributed by atoms with Crippen LogP contribution in [0.25, 0.3) is 33.6 Å². The zero-order valence-electron chi connectivity index (χ0n) is 34.5. The van der Waals surface area contributed by atoms with Crippen LogP contribution in [-0.2, 0) is 19.1 Å². The highest BCUT2D eigenvalue weighted by atomic mass is 16.5. The molecule has 0 spiro atoms. The molecular formula is C46H50N8O8. The van der Waals surface area contributed by atoms with Crippen LogP contribution in [0.3, 0.4) is 0 Å². The number of aromatic nitrogens is 4. The predicted molar refractivity (Wildman–Crippen MR) is 221 cm³/mol. The van der Waals surface area contributed by atoms with Crippen LogP contribution < -0.4 is 10.6 Å². The molecule has 62 heavy (non-hydrogen) atoms. The van der Waals surface area contributed by atoms with Gasteiger partial charge >= 0.3 is 12.2 Å². The molecule has 6 N–H and O–H groups in total. The number of carboxylic acid groups (broad SMARTS) is 2. The van der Waals surface area contributed by atoms with Crippen molar-refractivity contribution in [3.8, 4) is 33.6 Å². The van der Waals surface area contributed by atoms with E-state index in [-0.39, 0.29) is 71.5 Å². The van der Waals surface area contributed by atoms with Crippen molar-refractivity contribution in [1.29, 1.82) is 0 Å². The molecule has 4 aromatic rings. The van der Waals surface area contributed by atoms with Gasteiger partial charge in [-0.05, 0) is 109 Å². The largest absolute Gasteiger partial charge is 0.465 e. The number of likely N-dealkylation sites (tertiary alicyclic amines) is 2. The van der Waals surface area contributed by atoms with E-state index in [9.17, 15) is 29.4 Å². The fourth-order valence-corrected chi connectivity index (χ4v) is 12.4. The van der Waals surface area contributed by atoms with Gasteiger partial charge in [0.1, 0.15) is 23.7 Å². The van der Waals surface area contributed by atoms with Crippen molar-refractivity contribution in [2.45, 2.75) is 75.8 Å². The number of fused-ring (bicyclic) bond motifs is 4. The van der Waals surface area contributed by atoms with Gasteiger partial charge in [0, 0.05) is 35.6 Å². The lowest BCUT2D eigenvalue weighted by atomic mass is 9.92. The van der Waals surface area contributed by atoms with Gasteiger partial charge in [-0.1, -0.05) is 36.4 Å². The Hall–Kier alpha value is -5.74. The van der Waals surface area contributed by atoms with Gasteiger partial charge in [-0.25, -0.2) is 19.6 Å². The fourth-order valence-electron chi connectivity index (χ4n) is 12.4. The second-order valence-electron chi connectivity index (χ2n) is 19.2. The van der Waals surface area contributed by atoms with Crippen LogP contribution in [0.1, 0.15) is 60.5 Å². The zero-order valence-corrected chi connectivity index (χ0v) is 34.5. The average molecular weight is 843 g/mol. The molecule has 8 aliphatic rings.